The third kappa shape index (κ3) is 6.74. The van der Waals surface area contributed by atoms with Gasteiger partial charge in [-0.15, -0.1) is 0 Å². The number of thiocarbonyl (C=S) groups is 1. The second-order valence-electron chi connectivity index (χ2n) is 9.04. The molecule has 11 heteroatoms. The van der Waals surface area contributed by atoms with E-state index in [9.17, 15) is 13.2 Å². The summed E-state index contributed by atoms with van der Waals surface area (Å²) in [6, 6.07) is 8.72. The van der Waals surface area contributed by atoms with Gasteiger partial charge in [-0.3, -0.25) is 0 Å². The lowest BCUT2D eigenvalue weighted by molar-refractivity contribution is -0.141. The summed E-state index contributed by atoms with van der Waals surface area (Å²) in [4.78, 5) is 9.97. The van der Waals surface area contributed by atoms with Crippen LogP contribution in [0.1, 0.15) is 49.8 Å². The molecule has 35 heavy (non-hydrogen) atoms. The third-order valence-corrected chi connectivity index (χ3v) is 7.11. The van der Waals surface area contributed by atoms with Crippen LogP contribution in [0.25, 0.3) is 0 Å². The summed E-state index contributed by atoms with van der Waals surface area (Å²) in [7, 11) is 0. The molecule has 0 spiro atoms. The first-order valence-electron chi connectivity index (χ1n) is 11.9. The summed E-state index contributed by atoms with van der Waals surface area (Å²) >= 11 is 11.7. The van der Waals surface area contributed by atoms with Crippen molar-refractivity contribution in [3.05, 3.63) is 46.6 Å². The van der Waals surface area contributed by atoms with Crippen molar-refractivity contribution < 1.29 is 17.9 Å². The number of hydrogen-bond acceptors (Lipinski definition) is 5. The van der Waals surface area contributed by atoms with Crippen molar-refractivity contribution in [1.82, 2.24) is 15.3 Å². The number of nitrogens with one attached hydrogen (secondary N) is 2. The summed E-state index contributed by atoms with van der Waals surface area (Å²) in [6.45, 7) is 3.01. The van der Waals surface area contributed by atoms with E-state index in [1.54, 1.807) is 0 Å². The molecule has 0 unspecified atom stereocenters. The minimum atomic E-state index is -4.59. The van der Waals surface area contributed by atoms with Crippen molar-refractivity contribution in [2.75, 3.05) is 43.1 Å². The average molecular weight is 528 g/mol. The Morgan fingerprint density at radius 2 is 1.80 bits per heavy atom. The van der Waals surface area contributed by atoms with Gasteiger partial charge in [0.2, 0.25) is 5.95 Å². The molecule has 2 fully saturated rings. The molecule has 0 atom stereocenters. The standard InChI is InChI=1S/C24H29ClF3N5OS/c25-18-7-5-6-17(14-18)23(8-12-34-13-9-23)16-29-22(35)32-21-30-19(24(26,27)28)15-20(31-21)33-10-3-1-2-4-11-33/h5-7,14-15H,1-4,8-13,16H2,(H2,29,30,31,32,35). The van der Waals surface area contributed by atoms with E-state index < -0.39 is 11.9 Å². The Hall–Kier alpha value is -2.17. The molecule has 2 N–H and O–H groups in total. The van der Waals surface area contributed by atoms with Crippen LogP contribution in [0.3, 0.4) is 0 Å². The van der Waals surface area contributed by atoms with Crippen molar-refractivity contribution in [3.63, 3.8) is 0 Å². The zero-order valence-electron chi connectivity index (χ0n) is 19.3. The van der Waals surface area contributed by atoms with Gasteiger partial charge in [-0.05, 0) is 55.6 Å². The molecule has 0 amide bonds. The molecule has 3 heterocycles. The summed E-state index contributed by atoms with van der Waals surface area (Å²) in [6.07, 6.45) is 0.906. The maximum Gasteiger partial charge on any atom is 0.433 e. The van der Waals surface area contributed by atoms with Gasteiger partial charge in [-0.1, -0.05) is 36.6 Å². The fourth-order valence-corrected chi connectivity index (χ4v) is 4.99. The van der Waals surface area contributed by atoms with Crippen LogP contribution < -0.4 is 15.5 Å². The quantitative estimate of drug-likeness (QED) is 0.493. The van der Waals surface area contributed by atoms with Crippen LogP contribution in [0.15, 0.2) is 30.3 Å². The molecule has 1 aromatic heterocycles. The summed E-state index contributed by atoms with van der Waals surface area (Å²) in [5, 5.41) is 6.77. The second-order valence-corrected chi connectivity index (χ2v) is 9.89. The largest absolute Gasteiger partial charge is 0.433 e. The molecule has 2 aliphatic rings. The molecule has 4 rings (SSSR count). The molecule has 190 valence electrons. The highest BCUT2D eigenvalue weighted by molar-refractivity contribution is 7.80. The van der Waals surface area contributed by atoms with Crippen LogP contribution in [0.4, 0.5) is 24.9 Å². The van der Waals surface area contributed by atoms with E-state index in [-0.39, 0.29) is 22.3 Å². The monoisotopic (exact) mass is 527 g/mol. The van der Waals surface area contributed by atoms with E-state index in [0.717, 1.165) is 50.2 Å². The first kappa shape index (κ1) is 25.9. The molecular weight excluding hydrogens is 499 g/mol. The second kappa shape index (κ2) is 11.3. The topological polar surface area (TPSA) is 62.3 Å². The summed E-state index contributed by atoms with van der Waals surface area (Å²) in [5.74, 6) is 0.0970. The van der Waals surface area contributed by atoms with Crippen LogP contribution in [0.2, 0.25) is 5.02 Å². The normalized spacial score (nSPS) is 18.6. The number of alkyl halides is 3. The van der Waals surface area contributed by atoms with Crippen LogP contribution in [0, 0.1) is 0 Å². The van der Waals surface area contributed by atoms with E-state index in [1.807, 2.05) is 29.2 Å². The maximum absolute atomic E-state index is 13.6. The Labute approximate surface area is 213 Å². The van der Waals surface area contributed by atoms with Gasteiger partial charge < -0.3 is 20.3 Å². The zero-order valence-corrected chi connectivity index (χ0v) is 20.9. The van der Waals surface area contributed by atoms with E-state index >= 15 is 0 Å². The minimum Gasteiger partial charge on any atom is -0.381 e. The number of halogens is 4. The van der Waals surface area contributed by atoms with Crippen LogP contribution in [-0.4, -0.2) is 47.9 Å². The Bertz CT molecular complexity index is 1020. The Morgan fingerprint density at radius 1 is 1.09 bits per heavy atom. The predicted molar refractivity (Wildman–Crippen MR) is 135 cm³/mol. The van der Waals surface area contributed by atoms with Crippen LogP contribution in [-0.2, 0) is 16.3 Å². The average Bonchev–Trinajstić information content (AvgIpc) is 3.12. The van der Waals surface area contributed by atoms with Crippen molar-refractivity contribution in [2.24, 2.45) is 0 Å². The Kier molecular flexibility index (Phi) is 8.34. The number of nitrogens with zero attached hydrogens (tertiary/aromatic N) is 3. The summed E-state index contributed by atoms with van der Waals surface area (Å²) in [5.41, 5.74) is -0.180. The highest BCUT2D eigenvalue weighted by Gasteiger charge is 2.36. The molecule has 2 saturated heterocycles. The van der Waals surface area contributed by atoms with Crippen molar-refractivity contribution in [1.29, 1.82) is 0 Å². The van der Waals surface area contributed by atoms with E-state index in [4.69, 9.17) is 28.6 Å². The van der Waals surface area contributed by atoms with Gasteiger partial charge in [0.05, 0.1) is 0 Å². The number of rotatable bonds is 5. The molecule has 6 nitrogen and oxygen atoms in total. The fourth-order valence-electron chi connectivity index (χ4n) is 4.64. The molecule has 0 bridgehead atoms. The molecular formula is C24H29ClF3N5OS. The number of hydrogen-bond donors (Lipinski definition) is 2. The van der Waals surface area contributed by atoms with E-state index in [2.05, 4.69) is 20.6 Å². The highest BCUT2D eigenvalue weighted by Crippen LogP contribution is 2.35. The molecule has 0 saturated carbocycles. The summed E-state index contributed by atoms with van der Waals surface area (Å²) < 4.78 is 46.3. The number of anilines is 2. The molecule has 0 aliphatic carbocycles. The molecule has 1 aromatic carbocycles. The zero-order chi connectivity index (χ0) is 24.9. The first-order chi connectivity index (χ1) is 16.7. The predicted octanol–water partition coefficient (Wildman–Crippen LogP) is 5.56. The Morgan fingerprint density at radius 3 is 2.46 bits per heavy atom. The third-order valence-electron chi connectivity index (χ3n) is 6.63. The SMILES string of the molecule is FC(F)(F)c1cc(N2CCCCCC2)nc(NC(=S)NCC2(c3cccc(Cl)c3)CCOCC2)n1. The van der Waals surface area contributed by atoms with Crippen LogP contribution in [0.5, 0.6) is 0 Å². The minimum absolute atomic E-state index is 0.166. The van der Waals surface area contributed by atoms with Gasteiger partial charge in [-0.25, -0.2) is 4.98 Å². The lowest BCUT2D eigenvalue weighted by Crippen LogP contribution is -2.45. The van der Waals surface area contributed by atoms with Gasteiger partial charge in [0.25, 0.3) is 0 Å². The molecule has 2 aromatic rings. The van der Waals surface area contributed by atoms with Crippen molar-refractivity contribution in [2.45, 2.75) is 50.1 Å². The van der Waals surface area contributed by atoms with Gasteiger partial charge in [-0.2, -0.15) is 18.2 Å². The van der Waals surface area contributed by atoms with Gasteiger partial charge >= 0.3 is 6.18 Å². The van der Waals surface area contributed by atoms with Crippen molar-refractivity contribution >= 4 is 40.7 Å². The molecule has 2 aliphatic heterocycles. The van der Waals surface area contributed by atoms with E-state index in [0.29, 0.717) is 37.9 Å². The fraction of sp³-hybridized carbons (Fsp3) is 0.542. The first-order valence-corrected chi connectivity index (χ1v) is 12.6. The smallest absolute Gasteiger partial charge is 0.381 e. The highest BCUT2D eigenvalue weighted by atomic mass is 35.5. The maximum atomic E-state index is 13.6. The lowest BCUT2D eigenvalue weighted by Gasteiger charge is -2.38. The number of ether oxygens (including phenoxy) is 1. The Balaban J connectivity index is 1.50. The number of aromatic nitrogens is 2. The lowest BCUT2D eigenvalue weighted by atomic mass is 9.74. The van der Waals surface area contributed by atoms with E-state index in [1.165, 1.54) is 0 Å². The van der Waals surface area contributed by atoms with Gasteiger partial charge in [0.1, 0.15) is 5.82 Å². The number of benzene rings is 1. The van der Waals surface area contributed by atoms with Crippen molar-refractivity contribution in [3.8, 4) is 0 Å². The van der Waals surface area contributed by atoms with Crippen LogP contribution >= 0.6 is 23.8 Å². The molecule has 0 radical (unpaired) electrons. The van der Waals surface area contributed by atoms with Gasteiger partial charge in [0, 0.05) is 49.4 Å². The van der Waals surface area contributed by atoms with Gasteiger partial charge in [0.15, 0.2) is 10.8 Å².